The number of rotatable bonds is 5. The Morgan fingerprint density at radius 3 is 2.42 bits per heavy atom. The molecule has 2 heterocycles. The average Bonchev–Trinajstić information content (AvgIpc) is 3.21. The fourth-order valence-electron chi connectivity index (χ4n) is 4.04. The van der Waals surface area contributed by atoms with E-state index in [0.29, 0.717) is 31.9 Å². The summed E-state index contributed by atoms with van der Waals surface area (Å²) < 4.78 is 46.1. The first-order valence-corrected chi connectivity index (χ1v) is 12.4. The molecule has 1 aromatic carbocycles. The Labute approximate surface area is 185 Å². The Morgan fingerprint density at radius 1 is 1.13 bits per heavy atom. The lowest BCUT2D eigenvalue weighted by molar-refractivity contribution is 0.205. The Kier molecular flexibility index (Phi) is 6.23. The predicted molar refractivity (Wildman–Crippen MR) is 116 cm³/mol. The van der Waals surface area contributed by atoms with Crippen molar-refractivity contribution >= 4 is 27.3 Å². The number of halogens is 2. The zero-order valence-corrected chi connectivity index (χ0v) is 18.7. The van der Waals surface area contributed by atoms with Crippen molar-refractivity contribution in [3.8, 4) is 11.4 Å². The SMILES string of the molecule is CS(=O)(=O)N1CCN(c2cnn(-c3cc(F)cc(Cl)c3)c(=O)c2OC2CCCC2)CC1. The molecule has 0 N–H and O–H groups in total. The summed E-state index contributed by atoms with van der Waals surface area (Å²) in [5.41, 5.74) is 0.222. The van der Waals surface area contributed by atoms with Gasteiger partial charge in [-0.25, -0.2) is 12.8 Å². The van der Waals surface area contributed by atoms with Crippen LogP contribution in [0.4, 0.5) is 10.1 Å². The van der Waals surface area contributed by atoms with Gasteiger partial charge in [0.2, 0.25) is 15.8 Å². The average molecular weight is 471 g/mol. The van der Waals surface area contributed by atoms with Crippen LogP contribution in [0.15, 0.2) is 29.2 Å². The molecule has 2 aliphatic rings. The maximum Gasteiger partial charge on any atom is 0.316 e. The van der Waals surface area contributed by atoms with Crippen LogP contribution in [0, 0.1) is 5.82 Å². The van der Waals surface area contributed by atoms with Gasteiger partial charge in [0.05, 0.1) is 24.2 Å². The lowest BCUT2D eigenvalue weighted by Gasteiger charge is -2.35. The number of benzene rings is 1. The first-order valence-electron chi connectivity index (χ1n) is 10.2. The fraction of sp³-hybridized carbons (Fsp3) is 0.500. The number of hydrogen-bond donors (Lipinski definition) is 0. The Balaban J connectivity index is 1.71. The van der Waals surface area contributed by atoms with Crippen LogP contribution < -0.4 is 15.2 Å². The van der Waals surface area contributed by atoms with Crippen molar-refractivity contribution in [1.82, 2.24) is 14.1 Å². The highest BCUT2D eigenvalue weighted by Gasteiger charge is 2.28. The molecule has 2 fully saturated rings. The molecule has 1 saturated carbocycles. The van der Waals surface area contributed by atoms with E-state index in [4.69, 9.17) is 16.3 Å². The maximum atomic E-state index is 13.9. The van der Waals surface area contributed by atoms with Crippen molar-refractivity contribution in [3.63, 3.8) is 0 Å². The molecule has 1 aliphatic heterocycles. The summed E-state index contributed by atoms with van der Waals surface area (Å²) in [6, 6.07) is 3.80. The maximum absolute atomic E-state index is 13.9. The van der Waals surface area contributed by atoms with E-state index >= 15 is 0 Å². The zero-order chi connectivity index (χ0) is 22.2. The van der Waals surface area contributed by atoms with Gasteiger partial charge in [-0.05, 0) is 43.9 Å². The van der Waals surface area contributed by atoms with Crippen LogP contribution in [0.2, 0.25) is 5.02 Å². The van der Waals surface area contributed by atoms with Crippen LogP contribution >= 0.6 is 11.6 Å². The minimum atomic E-state index is -3.27. The van der Waals surface area contributed by atoms with Gasteiger partial charge in [-0.3, -0.25) is 4.79 Å². The summed E-state index contributed by atoms with van der Waals surface area (Å²) in [6.45, 7) is 1.44. The summed E-state index contributed by atoms with van der Waals surface area (Å²) in [6.07, 6.45) is 6.40. The van der Waals surface area contributed by atoms with Gasteiger partial charge in [-0.2, -0.15) is 14.1 Å². The van der Waals surface area contributed by atoms with Crippen LogP contribution in [0.3, 0.4) is 0 Å². The van der Waals surface area contributed by atoms with E-state index in [1.807, 2.05) is 4.90 Å². The third kappa shape index (κ3) is 4.86. The Morgan fingerprint density at radius 2 is 1.81 bits per heavy atom. The van der Waals surface area contributed by atoms with E-state index in [-0.39, 0.29) is 22.6 Å². The van der Waals surface area contributed by atoms with Gasteiger partial charge in [0.25, 0.3) is 0 Å². The van der Waals surface area contributed by atoms with E-state index in [1.54, 1.807) is 0 Å². The van der Waals surface area contributed by atoms with Crippen LogP contribution in [0.5, 0.6) is 5.75 Å². The normalized spacial score (nSPS) is 18.5. The Bertz CT molecular complexity index is 1110. The van der Waals surface area contributed by atoms with Gasteiger partial charge in [0.1, 0.15) is 11.5 Å². The number of sulfonamides is 1. The van der Waals surface area contributed by atoms with Crippen LogP contribution in [0.25, 0.3) is 5.69 Å². The first-order chi connectivity index (χ1) is 14.7. The molecule has 0 spiro atoms. The van der Waals surface area contributed by atoms with Crippen molar-refractivity contribution in [2.24, 2.45) is 0 Å². The van der Waals surface area contributed by atoms with E-state index in [0.717, 1.165) is 36.4 Å². The topological polar surface area (TPSA) is 84.7 Å². The molecule has 0 unspecified atom stereocenters. The van der Waals surface area contributed by atoms with Crippen molar-refractivity contribution in [2.45, 2.75) is 31.8 Å². The van der Waals surface area contributed by atoms with E-state index in [9.17, 15) is 17.6 Å². The molecular weight excluding hydrogens is 447 g/mol. The zero-order valence-electron chi connectivity index (χ0n) is 17.1. The number of anilines is 1. The van der Waals surface area contributed by atoms with Gasteiger partial charge in [0.15, 0.2) is 0 Å². The standard InChI is InChI=1S/C20H24ClFN4O4S/c1-31(28,29)25-8-6-24(7-9-25)18-13-23-26(16-11-14(21)10-15(22)12-16)20(27)19(18)30-17-4-2-3-5-17/h10-13,17H,2-9H2,1H3. The van der Waals surface area contributed by atoms with Gasteiger partial charge >= 0.3 is 5.56 Å². The molecule has 0 bridgehead atoms. The lowest BCUT2D eigenvalue weighted by Crippen LogP contribution is -2.49. The van der Waals surface area contributed by atoms with Gasteiger partial charge in [0, 0.05) is 31.2 Å². The second-order valence-electron chi connectivity index (χ2n) is 7.88. The Hall–Kier alpha value is -2.17. The monoisotopic (exact) mass is 470 g/mol. The molecule has 1 aromatic heterocycles. The second kappa shape index (κ2) is 8.76. The number of hydrogen-bond acceptors (Lipinski definition) is 6. The third-order valence-electron chi connectivity index (χ3n) is 5.64. The minimum Gasteiger partial charge on any atom is -0.483 e. The molecule has 168 valence electrons. The van der Waals surface area contributed by atoms with Crippen LogP contribution in [-0.4, -0.2) is 61.0 Å². The quantitative estimate of drug-likeness (QED) is 0.667. The van der Waals surface area contributed by atoms with Gasteiger partial charge in [-0.1, -0.05) is 11.6 Å². The number of ether oxygens (including phenoxy) is 1. The molecule has 2 aromatic rings. The van der Waals surface area contributed by atoms with Crippen molar-refractivity contribution in [3.05, 3.63) is 45.6 Å². The van der Waals surface area contributed by atoms with Crippen molar-refractivity contribution in [1.29, 1.82) is 0 Å². The smallest absolute Gasteiger partial charge is 0.316 e. The molecule has 1 saturated heterocycles. The third-order valence-corrected chi connectivity index (χ3v) is 7.16. The summed E-state index contributed by atoms with van der Waals surface area (Å²) in [5.74, 6) is -0.425. The molecule has 0 amide bonds. The highest BCUT2D eigenvalue weighted by Crippen LogP contribution is 2.30. The molecule has 0 atom stereocenters. The second-order valence-corrected chi connectivity index (χ2v) is 10.3. The largest absolute Gasteiger partial charge is 0.483 e. The van der Waals surface area contributed by atoms with Crippen LogP contribution in [-0.2, 0) is 10.0 Å². The fourth-order valence-corrected chi connectivity index (χ4v) is 5.09. The van der Waals surface area contributed by atoms with E-state index in [2.05, 4.69) is 5.10 Å². The van der Waals surface area contributed by atoms with E-state index < -0.39 is 21.4 Å². The summed E-state index contributed by atoms with van der Waals surface area (Å²) in [7, 11) is -3.27. The summed E-state index contributed by atoms with van der Waals surface area (Å²) in [5, 5.41) is 4.39. The summed E-state index contributed by atoms with van der Waals surface area (Å²) in [4.78, 5) is 15.2. The molecule has 1 aliphatic carbocycles. The van der Waals surface area contributed by atoms with Gasteiger partial charge < -0.3 is 9.64 Å². The minimum absolute atomic E-state index is 0.0734. The van der Waals surface area contributed by atoms with E-state index in [1.165, 1.54) is 28.9 Å². The molecular formula is C20H24ClFN4O4S. The van der Waals surface area contributed by atoms with Gasteiger partial charge in [-0.15, -0.1) is 0 Å². The number of piperazine rings is 1. The molecule has 8 nitrogen and oxygen atoms in total. The molecule has 4 rings (SSSR count). The highest BCUT2D eigenvalue weighted by atomic mass is 35.5. The van der Waals surface area contributed by atoms with Crippen LogP contribution in [0.1, 0.15) is 25.7 Å². The predicted octanol–water partition coefficient (Wildman–Crippen LogP) is 2.43. The highest BCUT2D eigenvalue weighted by molar-refractivity contribution is 7.88. The van der Waals surface area contributed by atoms with Crippen molar-refractivity contribution < 1.29 is 17.5 Å². The van der Waals surface area contributed by atoms with Crippen molar-refractivity contribution in [2.75, 3.05) is 37.3 Å². The number of aromatic nitrogens is 2. The first kappa shape index (κ1) is 22.0. The molecule has 0 radical (unpaired) electrons. The lowest BCUT2D eigenvalue weighted by atomic mass is 10.2. The molecule has 31 heavy (non-hydrogen) atoms. The number of nitrogens with zero attached hydrogens (tertiary/aromatic N) is 4. The molecule has 11 heteroatoms. The summed E-state index contributed by atoms with van der Waals surface area (Å²) >= 11 is 5.96.